The standard InChI is InChI=1S/C23H17N5O5S4/c24-14-16-5-7-17(8-6-16)15-25-26-23(29)18-11-19(27-36(30,31)21-3-1-9-34-21)13-20(12-18)28-37(32,33)22-4-2-10-35-22/h1-13,15,27-28H,(H,26,29)/b25-15+. The van der Waals surface area contributed by atoms with Gasteiger partial charge in [-0.3, -0.25) is 14.2 Å². The summed E-state index contributed by atoms with van der Waals surface area (Å²) in [6.45, 7) is 0. The Hall–Kier alpha value is -4.03. The van der Waals surface area contributed by atoms with E-state index in [1.165, 1.54) is 36.5 Å². The lowest BCUT2D eigenvalue weighted by molar-refractivity contribution is 0.0955. The molecule has 2 aromatic carbocycles. The lowest BCUT2D eigenvalue weighted by Crippen LogP contribution is -2.19. The Morgan fingerprint density at radius 1 is 0.838 bits per heavy atom. The zero-order chi connectivity index (χ0) is 26.5. The van der Waals surface area contributed by atoms with Crippen LogP contribution in [0.15, 0.2) is 91.0 Å². The fraction of sp³-hybridized carbons (Fsp3) is 0. The summed E-state index contributed by atoms with van der Waals surface area (Å²) in [6, 6.07) is 18.3. The molecule has 0 aliphatic rings. The third-order valence-corrected chi connectivity index (χ3v) is 10.2. The average Bonchev–Trinajstić information content (AvgIpc) is 3.59. The van der Waals surface area contributed by atoms with Gasteiger partial charge in [0, 0.05) is 5.56 Å². The fourth-order valence-corrected chi connectivity index (χ4v) is 7.06. The molecule has 0 saturated heterocycles. The van der Waals surface area contributed by atoms with Crippen LogP contribution in [0.25, 0.3) is 0 Å². The SMILES string of the molecule is N#Cc1ccc(/C=N/NC(=O)c2cc(NS(=O)(=O)c3cccs3)cc(NS(=O)(=O)c3cccs3)c2)cc1. The number of thiophene rings is 2. The third kappa shape index (κ3) is 6.60. The number of benzene rings is 2. The van der Waals surface area contributed by atoms with Crippen molar-refractivity contribution in [1.29, 1.82) is 5.26 Å². The number of anilines is 2. The van der Waals surface area contributed by atoms with Crippen LogP contribution in [0.2, 0.25) is 0 Å². The van der Waals surface area contributed by atoms with Gasteiger partial charge in [0.05, 0.1) is 29.2 Å². The third-order valence-electron chi connectivity index (χ3n) is 4.64. The van der Waals surface area contributed by atoms with Gasteiger partial charge in [0.25, 0.3) is 26.0 Å². The molecule has 0 bridgehead atoms. The summed E-state index contributed by atoms with van der Waals surface area (Å²) in [5, 5.41) is 16.0. The summed E-state index contributed by atoms with van der Waals surface area (Å²) >= 11 is 2.01. The Morgan fingerprint density at radius 3 is 1.84 bits per heavy atom. The maximum atomic E-state index is 12.8. The number of carbonyl (C=O) groups excluding carboxylic acids is 1. The van der Waals surface area contributed by atoms with Crippen LogP contribution < -0.4 is 14.9 Å². The first-order valence-electron chi connectivity index (χ1n) is 10.3. The van der Waals surface area contributed by atoms with Gasteiger partial charge in [0.15, 0.2) is 0 Å². The van der Waals surface area contributed by atoms with Gasteiger partial charge in [-0.1, -0.05) is 24.3 Å². The van der Waals surface area contributed by atoms with Crippen LogP contribution >= 0.6 is 22.7 Å². The predicted molar refractivity (Wildman–Crippen MR) is 143 cm³/mol. The van der Waals surface area contributed by atoms with E-state index < -0.39 is 26.0 Å². The summed E-state index contributed by atoms with van der Waals surface area (Å²) in [5.41, 5.74) is 3.32. The van der Waals surface area contributed by atoms with E-state index in [0.717, 1.165) is 22.7 Å². The molecule has 2 heterocycles. The number of hydrogen-bond donors (Lipinski definition) is 3. The van der Waals surface area contributed by atoms with Gasteiger partial charge in [-0.05, 0) is 58.8 Å². The molecule has 0 unspecified atom stereocenters. The van der Waals surface area contributed by atoms with Gasteiger partial charge in [-0.15, -0.1) is 22.7 Å². The molecule has 14 heteroatoms. The second kappa shape index (κ2) is 10.9. The smallest absolute Gasteiger partial charge is 0.271 e. The van der Waals surface area contributed by atoms with Gasteiger partial charge in [0.1, 0.15) is 8.42 Å². The van der Waals surface area contributed by atoms with Crippen molar-refractivity contribution in [2.75, 3.05) is 9.44 Å². The van der Waals surface area contributed by atoms with E-state index in [1.807, 2.05) is 6.07 Å². The van der Waals surface area contributed by atoms with Crippen LogP contribution in [-0.4, -0.2) is 29.0 Å². The van der Waals surface area contributed by atoms with Crippen molar-refractivity contribution in [2.24, 2.45) is 5.10 Å². The lowest BCUT2D eigenvalue weighted by atomic mass is 10.1. The summed E-state index contributed by atoms with van der Waals surface area (Å²) in [4.78, 5) is 12.8. The van der Waals surface area contributed by atoms with E-state index in [-0.39, 0.29) is 25.4 Å². The molecular formula is C23H17N5O5S4. The Balaban J connectivity index is 1.61. The Bertz CT molecular complexity index is 1610. The summed E-state index contributed by atoms with van der Waals surface area (Å²) in [6.07, 6.45) is 1.36. The molecule has 0 aliphatic carbocycles. The van der Waals surface area contributed by atoms with Gasteiger partial charge in [-0.2, -0.15) is 10.4 Å². The monoisotopic (exact) mass is 571 g/mol. The van der Waals surface area contributed by atoms with E-state index in [0.29, 0.717) is 11.1 Å². The van der Waals surface area contributed by atoms with Crippen LogP contribution in [0.4, 0.5) is 11.4 Å². The number of hydrogen-bond acceptors (Lipinski definition) is 9. The highest BCUT2D eigenvalue weighted by molar-refractivity contribution is 7.95. The highest BCUT2D eigenvalue weighted by Gasteiger charge is 2.20. The predicted octanol–water partition coefficient (Wildman–Crippen LogP) is 4.05. The van der Waals surface area contributed by atoms with Crippen molar-refractivity contribution in [1.82, 2.24) is 5.43 Å². The summed E-state index contributed by atoms with van der Waals surface area (Å²) in [5.74, 6) is -0.710. The molecule has 0 aliphatic heterocycles. The number of sulfonamides is 2. The van der Waals surface area contributed by atoms with Crippen molar-refractivity contribution in [3.05, 3.63) is 94.2 Å². The van der Waals surface area contributed by atoms with E-state index in [1.54, 1.807) is 47.2 Å². The van der Waals surface area contributed by atoms with Crippen LogP contribution in [0.3, 0.4) is 0 Å². The minimum Gasteiger partial charge on any atom is -0.279 e. The first kappa shape index (κ1) is 26.0. The Morgan fingerprint density at radius 2 is 1.38 bits per heavy atom. The molecule has 4 rings (SSSR count). The maximum absolute atomic E-state index is 12.8. The van der Waals surface area contributed by atoms with Crippen molar-refractivity contribution >= 4 is 66.2 Å². The molecule has 188 valence electrons. The maximum Gasteiger partial charge on any atom is 0.271 e. The minimum atomic E-state index is -3.97. The second-order valence-corrected chi connectivity index (χ2v) is 13.0. The normalized spacial score (nSPS) is 11.6. The number of nitrogens with zero attached hydrogens (tertiary/aromatic N) is 2. The van der Waals surface area contributed by atoms with Crippen molar-refractivity contribution in [2.45, 2.75) is 8.42 Å². The largest absolute Gasteiger partial charge is 0.279 e. The van der Waals surface area contributed by atoms with Crippen LogP contribution in [-0.2, 0) is 20.0 Å². The van der Waals surface area contributed by atoms with Crippen molar-refractivity contribution in [3.8, 4) is 6.07 Å². The van der Waals surface area contributed by atoms with Crippen LogP contribution in [0, 0.1) is 11.3 Å². The topological polar surface area (TPSA) is 158 Å². The van der Waals surface area contributed by atoms with Gasteiger partial charge in [-0.25, -0.2) is 22.3 Å². The molecule has 0 spiro atoms. The number of nitrogens with one attached hydrogen (secondary N) is 3. The molecule has 10 nitrogen and oxygen atoms in total. The molecule has 4 aromatic rings. The van der Waals surface area contributed by atoms with E-state index in [9.17, 15) is 21.6 Å². The van der Waals surface area contributed by atoms with E-state index >= 15 is 0 Å². The van der Waals surface area contributed by atoms with Crippen LogP contribution in [0.5, 0.6) is 0 Å². The summed E-state index contributed by atoms with van der Waals surface area (Å²) in [7, 11) is -7.93. The molecule has 0 fully saturated rings. The average molecular weight is 572 g/mol. The van der Waals surface area contributed by atoms with Gasteiger partial charge in [0.2, 0.25) is 0 Å². The quantitative estimate of drug-likeness (QED) is 0.203. The molecule has 0 radical (unpaired) electrons. The first-order valence-corrected chi connectivity index (χ1v) is 15.0. The highest BCUT2D eigenvalue weighted by atomic mass is 32.3. The van der Waals surface area contributed by atoms with Crippen molar-refractivity contribution < 1.29 is 21.6 Å². The zero-order valence-corrected chi connectivity index (χ0v) is 21.9. The molecule has 37 heavy (non-hydrogen) atoms. The number of rotatable bonds is 9. The molecule has 0 saturated carbocycles. The number of amides is 1. The summed E-state index contributed by atoms with van der Waals surface area (Å²) < 4.78 is 55.7. The molecular weight excluding hydrogens is 555 g/mol. The van der Waals surface area contributed by atoms with E-state index in [2.05, 4.69) is 20.0 Å². The van der Waals surface area contributed by atoms with E-state index in [4.69, 9.17) is 5.26 Å². The molecule has 0 atom stereocenters. The number of nitriles is 1. The Labute approximate surface area is 221 Å². The fourth-order valence-electron chi connectivity index (χ4n) is 2.99. The molecule has 2 aromatic heterocycles. The molecule has 3 N–H and O–H groups in total. The zero-order valence-electron chi connectivity index (χ0n) is 18.7. The second-order valence-electron chi connectivity index (χ2n) is 7.31. The number of hydrazone groups is 1. The molecule has 1 amide bonds. The van der Waals surface area contributed by atoms with Crippen LogP contribution in [0.1, 0.15) is 21.5 Å². The highest BCUT2D eigenvalue weighted by Crippen LogP contribution is 2.27. The Kier molecular flexibility index (Phi) is 7.69. The first-order chi connectivity index (χ1) is 17.7. The number of carbonyl (C=O) groups is 1. The van der Waals surface area contributed by atoms with Gasteiger partial charge >= 0.3 is 0 Å². The van der Waals surface area contributed by atoms with Crippen molar-refractivity contribution in [3.63, 3.8) is 0 Å². The lowest BCUT2D eigenvalue weighted by Gasteiger charge is -2.12. The minimum absolute atomic E-state index is 0.0269. The van der Waals surface area contributed by atoms with Gasteiger partial charge < -0.3 is 0 Å².